The molecule has 0 radical (unpaired) electrons. The van der Waals surface area contributed by atoms with Crippen LogP contribution in [-0.4, -0.2) is 54.3 Å². The number of halogens is 14. The molecule has 8 rings (SSSR count). The largest absolute Gasteiger partial charge is 0.573 e. The van der Waals surface area contributed by atoms with Crippen LogP contribution in [-0.2, 0) is 38.2 Å². The molecule has 0 aliphatic carbocycles. The van der Waals surface area contributed by atoms with Crippen molar-refractivity contribution in [1.29, 1.82) is 0 Å². The first-order valence-corrected chi connectivity index (χ1v) is 25.7. The Morgan fingerprint density at radius 2 is 0.760 bits per heavy atom. The Hall–Kier alpha value is -6.82. The van der Waals surface area contributed by atoms with Crippen molar-refractivity contribution in [1.82, 2.24) is 19.6 Å². The van der Waals surface area contributed by atoms with Crippen LogP contribution in [0.5, 0.6) is 5.75 Å². The van der Waals surface area contributed by atoms with Crippen molar-refractivity contribution >= 4 is 42.9 Å². The minimum atomic E-state index is -5.14. The highest BCUT2D eigenvalue weighted by atomic mass is 35.5. The second kappa shape index (κ2) is 19.7. The Morgan fingerprint density at radius 1 is 0.440 bits per heavy atom. The maximum Gasteiger partial charge on any atom is 0.573 e. The maximum absolute atomic E-state index is 14.1. The molecule has 6 aromatic carbocycles. The van der Waals surface area contributed by atoms with Gasteiger partial charge in [-0.1, -0.05) is 104 Å². The van der Waals surface area contributed by atoms with Gasteiger partial charge in [0, 0.05) is 11.1 Å². The van der Waals surface area contributed by atoms with Crippen molar-refractivity contribution < 1.29 is 74.3 Å². The smallest absolute Gasteiger partial charge is 0.406 e. The van der Waals surface area contributed by atoms with E-state index in [1.807, 2.05) is 0 Å². The van der Waals surface area contributed by atoms with Crippen LogP contribution in [0.15, 0.2) is 143 Å². The van der Waals surface area contributed by atoms with E-state index in [0.29, 0.717) is 23.3 Å². The van der Waals surface area contributed by atoms with Crippen molar-refractivity contribution in [2.45, 2.75) is 48.5 Å². The average molecular weight is 1130 g/mol. The summed E-state index contributed by atoms with van der Waals surface area (Å²) in [5, 5.41) is 8.43. The van der Waals surface area contributed by atoms with Crippen LogP contribution in [0, 0.1) is 0 Å². The molecule has 2 heterocycles. The summed E-state index contributed by atoms with van der Waals surface area (Å²) >= 11 is 14.4. The Bertz CT molecular complexity index is 3690. The summed E-state index contributed by atoms with van der Waals surface area (Å²) in [7, 11) is -8.88. The fourth-order valence-corrected chi connectivity index (χ4v) is 10.7. The van der Waals surface area contributed by atoms with Gasteiger partial charge in [-0.25, -0.2) is 26.2 Å². The van der Waals surface area contributed by atoms with E-state index in [1.165, 1.54) is 68.4 Å². The van der Waals surface area contributed by atoms with Crippen LogP contribution in [0.1, 0.15) is 30.5 Å². The lowest BCUT2D eigenvalue weighted by molar-refractivity contribution is -0.274. The van der Waals surface area contributed by atoms with Gasteiger partial charge in [0.25, 0.3) is 0 Å². The SMILES string of the molecule is CCS(=O)(=O)c1cc(-c2ccc(C(F)(F)F)cc2)ccc1-n1nc(-c2nn(-c3ccc(C(F)(F)F)cc3S(=O)(=O)CC)c(Cl)c2-c2ccc(OC(F)(F)F)cc2)c(-c2ccc(-c3ccc(C(F)(F)F)cc3)cc2)c1Cl. The lowest BCUT2D eigenvalue weighted by Crippen LogP contribution is -2.16. The van der Waals surface area contributed by atoms with Gasteiger partial charge in [-0.05, 0) is 100 Å². The molecule has 0 atom stereocenters. The molecule has 0 amide bonds. The summed E-state index contributed by atoms with van der Waals surface area (Å²) in [6.45, 7) is 2.47. The number of hydrogen-bond donors (Lipinski definition) is 0. The van der Waals surface area contributed by atoms with Crippen molar-refractivity contribution in [3.8, 4) is 73.0 Å². The molecule has 0 fully saturated rings. The van der Waals surface area contributed by atoms with Crippen molar-refractivity contribution in [3.63, 3.8) is 0 Å². The molecule has 0 aliphatic heterocycles. The molecule has 0 unspecified atom stereocenters. The zero-order chi connectivity index (χ0) is 54.8. The van der Waals surface area contributed by atoms with Gasteiger partial charge in [0.2, 0.25) is 0 Å². The average Bonchev–Trinajstić information content (AvgIpc) is 3.88. The third-order valence-electron chi connectivity index (χ3n) is 11.7. The number of ether oxygens (including phenoxy) is 1. The normalized spacial score (nSPS) is 12.9. The third-order valence-corrected chi connectivity index (χ3v) is 15.9. The number of rotatable bonds is 12. The summed E-state index contributed by atoms with van der Waals surface area (Å²) in [5.41, 5.74) is -3.94. The minimum absolute atomic E-state index is 0.0630. The predicted molar refractivity (Wildman–Crippen MR) is 255 cm³/mol. The van der Waals surface area contributed by atoms with E-state index in [0.717, 1.165) is 76.1 Å². The van der Waals surface area contributed by atoms with E-state index >= 15 is 0 Å². The summed E-state index contributed by atoms with van der Waals surface area (Å²) in [5.74, 6) is -1.95. The quantitative estimate of drug-likeness (QED) is 0.112. The van der Waals surface area contributed by atoms with E-state index in [-0.39, 0.29) is 55.6 Å². The van der Waals surface area contributed by atoms with Crippen LogP contribution >= 0.6 is 23.2 Å². The van der Waals surface area contributed by atoms with E-state index in [4.69, 9.17) is 28.3 Å². The molecule has 0 aliphatic rings. The van der Waals surface area contributed by atoms with Gasteiger partial charge in [-0.2, -0.15) is 49.7 Å². The Kier molecular flexibility index (Phi) is 14.3. The number of sulfone groups is 2. The zero-order valence-electron chi connectivity index (χ0n) is 38.1. The van der Waals surface area contributed by atoms with Crippen LogP contribution in [0.4, 0.5) is 52.7 Å². The van der Waals surface area contributed by atoms with E-state index in [2.05, 4.69) is 9.84 Å². The first kappa shape index (κ1) is 54.4. The van der Waals surface area contributed by atoms with E-state index in [1.54, 1.807) is 0 Å². The molecule has 0 saturated heterocycles. The fraction of sp³-hybridized carbons (Fsp3) is 0.160. The van der Waals surface area contributed by atoms with Crippen LogP contribution in [0.2, 0.25) is 10.3 Å². The van der Waals surface area contributed by atoms with Crippen LogP contribution in [0.25, 0.3) is 67.3 Å². The predicted octanol–water partition coefficient (Wildman–Crippen LogP) is 15.2. The Labute approximate surface area is 428 Å². The Balaban J connectivity index is 1.43. The Morgan fingerprint density at radius 3 is 1.15 bits per heavy atom. The van der Waals surface area contributed by atoms with Crippen LogP contribution < -0.4 is 4.74 Å². The number of hydrogen-bond acceptors (Lipinski definition) is 7. The number of alkyl halides is 12. The standard InChI is InChI=1S/C50H32Cl2F12N4O5S2/c1-3-74(69,70)39-25-32(29-11-18-34(19-12-29)48(56,57)58)15-23-37(39)67-45(51)41(30-7-5-27(6-8-30)28-9-16-33(17-10-28)47(53,54)55)43(65-67)44-42(31-13-21-36(22-14-31)73-50(62,63)64)46(52)68(66-44)38-24-20-35(49(59,60)61)26-40(38)75(71,72)4-2/h5-26H,3-4H2,1-2H3. The van der Waals surface area contributed by atoms with Gasteiger partial charge in [0.05, 0.1) is 49.4 Å². The van der Waals surface area contributed by atoms with E-state index < -0.39 is 99.1 Å². The van der Waals surface area contributed by atoms with E-state index in [9.17, 15) is 69.5 Å². The second-order valence-electron chi connectivity index (χ2n) is 16.3. The number of nitrogens with zero attached hydrogens (tertiary/aromatic N) is 4. The fourth-order valence-electron chi connectivity index (χ4n) is 7.86. The van der Waals surface area contributed by atoms with Gasteiger partial charge in [0.1, 0.15) is 27.4 Å². The highest BCUT2D eigenvalue weighted by Crippen LogP contribution is 2.47. The molecule has 392 valence electrons. The second-order valence-corrected chi connectivity index (χ2v) is 21.5. The number of benzene rings is 6. The first-order chi connectivity index (χ1) is 34.9. The van der Waals surface area contributed by atoms with Gasteiger partial charge in [0.15, 0.2) is 19.7 Å². The molecule has 9 nitrogen and oxygen atoms in total. The van der Waals surface area contributed by atoms with Gasteiger partial charge >= 0.3 is 24.9 Å². The molecular weight excluding hydrogens is 1100 g/mol. The molecule has 8 aromatic rings. The van der Waals surface area contributed by atoms with Gasteiger partial charge < -0.3 is 4.74 Å². The van der Waals surface area contributed by atoms with Gasteiger partial charge in [-0.3, -0.25) is 0 Å². The third kappa shape index (κ3) is 11.1. The molecule has 75 heavy (non-hydrogen) atoms. The van der Waals surface area contributed by atoms with Crippen molar-refractivity contribution in [3.05, 3.63) is 160 Å². The first-order valence-electron chi connectivity index (χ1n) is 21.6. The molecular formula is C50H32Cl2F12N4O5S2. The maximum atomic E-state index is 14.1. The zero-order valence-corrected chi connectivity index (χ0v) is 41.2. The molecule has 0 bridgehead atoms. The van der Waals surface area contributed by atoms with Crippen molar-refractivity contribution in [2.75, 3.05) is 11.5 Å². The minimum Gasteiger partial charge on any atom is -0.406 e. The molecule has 0 spiro atoms. The monoisotopic (exact) mass is 1130 g/mol. The summed E-state index contributed by atoms with van der Waals surface area (Å²) in [6, 6.07) is 23.4. The number of aromatic nitrogens is 4. The summed E-state index contributed by atoms with van der Waals surface area (Å²) in [4.78, 5) is -1.33. The molecule has 2 aromatic heterocycles. The lowest BCUT2D eigenvalue weighted by Gasteiger charge is -2.14. The molecule has 0 saturated carbocycles. The molecule has 25 heteroatoms. The highest BCUT2D eigenvalue weighted by molar-refractivity contribution is 7.91. The molecule has 0 N–H and O–H groups in total. The topological polar surface area (TPSA) is 113 Å². The van der Waals surface area contributed by atoms with Gasteiger partial charge in [-0.15, -0.1) is 13.2 Å². The summed E-state index contributed by atoms with van der Waals surface area (Å²) in [6.07, 6.45) is -19.5. The van der Waals surface area contributed by atoms with Crippen LogP contribution in [0.3, 0.4) is 0 Å². The highest BCUT2D eigenvalue weighted by Gasteiger charge is 2.37. The van der Waals surface area contributed by atoms with Crippen molar-refractivity contribution in [2.24, 2.45) is 0 Å². The lowest BCUT2D eigenvalue weighted by atomic mass is 9.97. The summed E-state index contributed by atoms with van der Waals surface area (Å²) < 4.78 is 224.